The van der Waals surface area contributed by atoms with E-state index in [2.05, 4.69) is 0 Å². The fourth-order valence-electron chi connectivity index (χ4n) is 1.35. The molecule has 1 atom stereocenters. The van der Waals surface area contributed by atoms with Gasteiger partial charge in [-0.1, -0.05) is 23.8 Å². The molecule has 1 N–H and O–H groups in total. The van der Waals surface area contributed by atoms with Crippen LogP contribution in [-0.4, -0.2) is 17.8 Å². The minimum absolute atomic E-state index is 0.280. The summed E-state index contributed by atoms with van der Waals surface area (Å²) in [4.78, 5) is 0. The highest BCUT2D eigenvalue weighted by atomic mass is 16.5. The second kappa shape index (κ2) is 6.25. The molecule has 1 aromatic rings. The van der Waals surface area contributed by atoms with Gasteiger partial charge in [-0.15, -0.1) is 0 Å². The summed E-state index contributed by atoms with van der Waals surface area (Å²) in [6.07, 6.45) is 2.43. The van der Waals surface area contributed by atoms with E-state index in [0.717, 1.165) is 11.3 Å². The minimum atomic E-state index is -0.280. The van der Waals surface area contributed by atoms with Gasteiger partial charge in [-0.3, -0.25) is 0 Å². The Morgan fingerprint density at radius 3 is 2.67 bits per heavy atom. The Morgan fingerprint density at radius 2 is 2.07 bits per heavy atom. The van der Waals surface area contributed by atoms with E-state index in [0.29, 0.717) is 13.0 Å². The molecule has 2 nitrogen and oxygen atoms in total. The highest BCUT2D eigenvalue weighted by molar-refractivity contribution is 5.21. The van der Waals surface area contributed by atoms with Crippen LogP contribution in [-0.2, 0) is 0 Å². The number of hydrogen-bond acceptors (Lipinski definition) is 2. The third-order valence-corrected chi connectivity index (χ3v) is 2.04. The smallest absolute Gasteiger partial charge is 0.119 e. The molecule has 0 radical (unpaired) electrons. The van der Waals surface area contributed by atoms with Gasteiger partial charge in [-0.2, -0.15) is 0 Å². The van der Waals surface area contributed by atoms with Crippen molar-refractivity contribution in [2.45, 2.75) is 26.4 Å². The number of rotatable bonds is 5. The van der Waals surface area contributed by atoms with Gasteiger partial charge < -0.3 is 9.84 Å². The summed E-state index contributed by atoms with van der Waals surface area (Å²) in [5.74, 6) is 0.874. The van der Waals surface area contributed by atoms with E-state index in [1.54, 1.807) is 6.92 Å². The van der Waals surface area contributed by atoms with Gasteiger partial charge in [0.15, 0.2) is 0 Å². The fraction of sp³-hybridized carbons (Fsp3) is 0.385. The van der Waals surface area contributed by atoms with Crippen LogP contribution in [0.1, 0.15) is 20.3 Å². The number of aliphatic hydroxyl groups is 1. The van der Waals surface area contributed by atoms with Crippen molar-refractivity contribution in [3.05, 3.63) is 42.0 Å². The minimum Gasteiger partial charge on any atom is -0.490 e. The average Bonchev–Trinajstić information content (AvgIpc) is 2.18. The summed E-state index contributed by atoms with van der Waals surface area (Å²) in [5.41, 5.74) is 1.15. The predicted molar refractivity (Wildman–Crippen MR) is 62.0 cm³/mol. The van der Waals surface area contributed by atoms with E-state index in [1.807, 2.05) is 43.3 Å². The molecule has 0 saturated heterocycles. The Morgan fingerprint density at radius 1 is 1.40 bits per heavy atom. The first-order valence-electron chi connectivity index (χ1n) is 5.20. The Hall–Kier alpha value is -1.28. The highest BCUT2D eigenvalue weighted by Crippen LogP contribution is 2.09. The Bertz CT molecular complexity index is 302. The van der Waals surface area contributed by atoms with Crippen molar-refractivity contribution in [1.29, 1.82) is 0 Å². The second-order valence-corrected chi connectivity index (χ2v) is 3.73. The van der Waals surface area contributed by atoms with E-state index < -0.39 is 0 Å². The van der Waals surface area contributed by atoms with Gasteiger partial charge in [-0.25, -0.2) is 0 Å². The monoisotopic (exact) mass is 206 g/mol. The quantitative estimate of drug-likeness (QED) is 0.751. The first-order chi connectivity index (χ1) is 7.18. The molecule has 0 heterocycles. The summed E-state index contributed by atoms with van der Waals surface area (Å²) < 4.78 is 5.50. The van der Waals surface area contributed by atoms with Crippen LogP contribution in [0.25, 0.3) is 0 Å². The lowest BCUT2D eigenvalue weighted by molar-refractivity contribution is 0.195. The fourth-order valence-corrected chi connectivity index (χ4v) is 1.35. The molecule has 1 unspecified atom stereocenters. The molecule has 2 heteroatoms. The van der Waals surface area contributed by atoms with Crippen LogP contribution in [0.15, 0.2) is 42.0 Å². The van der Waals surface area contributed by atoms with E-state index in [-0.39, 0.29) is 6.10 Å². The zero-order valence-electron chi connectivity index (χ0n) is 9.31. The van der Waals surface area contributed by atoms with Crippen molar-refractivity contribution in [3.63, 3.8) is 0 Å². The molecule has 0 aliphatic carbocycles. The summed E-state index contributed by atoms with van der Waals surface area (Å²) in [5, 5.41) is 9.16. The van der Waals surface area contributed by atoms with Gasteiger partial charge >= 0.3 is 0 Å². The van der Waals surface area contributed by atoms with E-state index >= 15 is 0 Å². The van der Waals surface area contributed by atoms with Crippen molar-refractivity contribution in [3.8, 4) is 5.75 Å². The third-order valence-electron chi connectivity index (χ3n) is 2.04. The van der Waals surface area contributed by atoms with Gasteiger partial charge in [0.1, 0.15) is 12.4 Å². The molecule has 0 aromatic heterocycles. The molecule has 0 aliphatic rings. The van der Waals surface area contributed by atoms with Crippen LogP contribution in [0.4, 0.5) is 0 Å². The Balaban J connectivity index is 2.32. The number of para-hydroxylation sites is 1. The van der Waals surface area contributed by atoms with Crippen LogP contribution in [0, 0.1) is 0 Å². The molecule has 0 saturated carbocycles. The van der Waals surface area contributed by atoms with Crippen molar-refractivity contribution in [1.82, 2.24) is 0 Å². The average molecular weight is 206 g/mol. The van der Waals surface area contributed by atoms with Crippen molar-refractivity contribution >= 4 is 0 Å². The van der Waals surface area contributed by atoms with Crippen molar-refractivity contribution < 1.29 is 9.84 Å². The van der Waals surface area contributed by atoms with Crippen molar-refractivity contribution in [2.24, 2.45) is 0 Å². The SMILES string of the molecule is CC(=CCOc1ccccc1)CC(C)O. The Labute approximate surface area is 91.2 Å². The molecule has 0 aliphatic heterocycles. The summed E-state index contributed by atoms with van der Waals surface area (Å²) in [6, 6.07) is 9.71. The van der Waals surface area contributed by atoms with Crippen LogP contribution < -0.4 is 4.74 Å². The lowest BCUT2D eigenvalue weighted by atomic mass is 10.1. The first-order valence-corrected chi connectivity index (χ1v) is 5.20. The number of ether oxygens (including phenoxy) is 1. The van der Waals surface area contributed by atoms with E-state index in [9.17, 15) is 0 Å². The van der Waals surface area contributed by atoms with Gasteiger partial charge in [0.25, 0.3) is 0 Å². The highest BCUT2D eigenvalue weighted by Gasteiger charge is 1.96. The molecule has 0 fully saturated rings. The lowest BCUT2D eigenvalue weighted by Gasteiger charge is -2.05. The topological polar surface area (TPSA) is 29.5 Å². The van der Waals surface area contributed by atoms with Crippen LogP contribution in [0.3, 0.4) is 0 Å². The maximum absolute atomic E-state index is 9.16. The van der Waals surface area contributed by atoms with Crippen LogP contribution >= 0.6 is 0 Å². The molecule has 0 bridgehead atoms. The molecule has 1 aromatic carbocycles. The summed E-state index contributed by atoms with van der Waals surface area (Å²) in [6.45, 7) is 4.35. The normalized spacial score (nSPS) is 13.7. The van der Waals surface area contributed by atoms with Gasteiger partial charge in [0, 0.05) is 0 Å². The van der Waals surface area contributed by atoms with Gasteiger partial charge in [0.05, 0.1) is 6.10 Å². The molecule has 15 heavy (non-hydrogen) atoms. The number of benzene rings is 1. The molecule has 0 amide bonds. The number of hydrogen-bond donors (Lipinski definition) is 1. The van der Waals surface area contributed by atoms with E-state index in [1.165, 1.54) is 0 Å². The molecule has 82 valence electrons. The summed E-state index contributed by atoms with van der Waals surface area (Å²) in [7, 11) is 0. The van der Waals surface area contributed by atoms with Crippen LogP contribution in [0.2, 0.25) is 0 Å². The largest absolute Gasteiger partial charge is 0.490 e. The third kappa shape index (κ3) is 5.23. The molecule has 0 spiro atoms. The van der Waals surface area contributed by atoms with E-state index in [4.69, 9.17) is 9.84 Å². The zero-order valence-corrected chi connectivity index (χ0v) is 9.31. The zero-order chi connectivity index (χ0) is 11.1. The molecular formula is C13H18O2. The van der Waals surface area contributed by atoms with Crippen molar-refractivity contribution in [2.75, 3.05) is 6.61 Å². The molecule has 1 rings (SSSR count). The first kappa shape index (κ1) is 11.8. The van der Waals surface area contributed by atoms with Gasteiger partial charge in [0.2, 0.25) is 0 Å². The lowest BCUT2D eigenvalue weighted by Crippen LogP contribution is -2.01. The Kier molecular flexibility index (Phi) is 4.91. The molecular weight excluding hydrogens is 188 g/mol. The second-order valence-electron chi connectivity index (χ2n) is 3.73. The standard InChI is InChI=1S/C13H18O2/c1-11(10-12(2)14)8-9-15-13-6-4-3-5-7-13/h3-8,12,14H,9-10H2,1-2H3. The predicted octanol–water partition coefficient (Wildman–Crippen LogP) is 2.78. The summed E-state index contributed by atoms with van der Waals surface area (Å²) >= 11 is 0. The van der Waals surface area contributed by atoms with Gasteiger partial charge in [-0.05, 0) is 38.5 Å². The maximum atomic E-state index is 9.16. The number of aliphatic hydroxyl groups excluding tert-OH is 1. The van der Waals surface area contributed by atoms with Crippen LogP contribution in [0.5, 0.6) is 5.75 Å². The maximum Gasteiger partial charge on any atom is 0.119 e.